The van der Waals surface area contributed by atoms with E-state index >= 15 is 0 Å². The third kappa shape index (κ3) is 4.81. The zero-order chi connectivity index (χ0) is 19.2. The Morgan fingerprint density at radius 2 is 1.89 bits per heavy atom. The Labute approximate surface area is 154 Å². The van der Waals surface area contributed by atoms with Crippen molar-refractivity contribution in [2.24, 2.45) is 0 Å². The van der Waals surface area contributed by atoms with Crippen molar-refractivity contribution in [1.29, 1.82) is 0 Å². The van der Waals surface area contributed by atoms with Gasteiger partial charge in [0.05, 0.1) is 5.69 Å². The first-order valence-corrected chi connectivity index (χ1v) is 8.21. The predicted molar refractivity (Wildman–Crippen MR) is 97.6 cm³/mol. The number of aromatic nitrogens is 3. The van der Waals surface area contributed by atoms with E-state index in [9.17, 15) is 13.6 Å². The van der Waals surface area contributed by atoms with Crippen molar-refractivity contribution in [3.63, 3.8) is 0 Å². The molecule has 1 N–H and O–H groups in total. The molecule has 0 aliphatic heterocycles. The molecule has 0 atom stereocenters. The minimum atomic E-state index is -0.855. The van der Waals surface area contributed by atoms with Crippen LogP contribution in [0, 0.1) is 11.6 Å². The molecule has 0 aliphatic rings. The normalized spacial score (nSPS) is 10.5. The van der Waals surface area contributed by atoms with E-state index in [4.69, 9.17) is 0 Å². The van der Waals surface area contributed by atoms with Gasteiger partial charge < -0.3 is 10.2 Å². The smallest absolute Gasteiger partial charge is 0.274 e. The van der Waals surface area contributed by atoms with Crippen LogP contribution in [0.1, 0.15) is 16.1 Å². The molecule has 1 amide bonds. The van der Waals surface area contributed by atoms with Gasteiger partial charge >= 0.3 is 0 Å². The summed E-state index contributed by atoms with van der Waals surface area (Å²) in [6.07, 6.45) is 5.52. The van der Waals surface area contributed by atoms with E-state index in [1.165, 1.54) is 12.4 Å². The van der Waals surface area contributed by atoms with Gasteiger partial charge in [-0.05, 0) is 36.2 Å². The van der Waals surface area contributed by atoms with Crippen LogP contribution in [-0.4, -0.2) is 34.5 Å². The van der Waals surface area contributed by atoms with Crippen LogP contribution in [0.2, 0.25) is 0 Å². The second-order valence-corrected chi connectivity index (χ2v) is 5.87. The van der Waals surface area contributed by atoms with Gasteiger partial charge in [-0.15, -0.1) is 0 Å². The maximum atomic E-state index is 13.7. The first kappa shape index (κ1) is 18.4. The van der Waals surface area contributed by atoms with Crippen molar-refractivity contribution in [3.05, 3.63) is 78.0 Å². The Bertz CT molecular complexity index is 936. The number of hydrogen-bond acceptors (Lipinski definition) is 5. The van der Waals surface area contributed by atoms with Gasteiger partial charge in [-0.3, -0.25) is 9.78 Å². The summed E-state index contributed by atoms with van der Waals surface area (Å²) in [5, 5.41) is 2.38. The average molecular weight is 369 g/mol. The van der Waals surface area contributed by atoms with Crippen LogP contribution in [0.15, 0.2) is 55.1 Å². The summed E-state index contributed by atoms with van der Waals surface area (Å²) in [6.45, 7) is 0.675. The van der Waals surface area contributed by atoms with Crippen LogP contribution >= 0.6 is 0 Å². The highest BCUT2D eigenvalue weighted by Crippen LogP contribution is 2.17. The summed E-state index contributed by atoms with van der Waals surface area (Å²) in [7, 11) is 1.85. The fourth-order valence-electron chi connectivity index (χ4n) is 2.42. The van der Waals surface area contributed by atoms with E-state index in [2.05, 4.69) is 20.3 Å². The third-order valence-corrected chi connectivity index (χ3v) is 3.94. The summed E-state index contributed by atoms with van der Waals surface area (Å²) >= 11 is 0. The number of carbonyl (C=O) groups excluding carboxylic acids is 1. The highest BCUT2D eigenvalue weighted by atomic mass is 19.1. The molecule has 0 saturated carbocycles. The molecule has 3 aromatic rings. The Morgan fingerprint density at radius 1 is 1.11 bits per heavy atom. The largest absolute Gasteiger partial charge is 0.359 e. The fraction of sp³-hybridized carbons (Fsp3) is 0.158. The van der Waals surface area contributed by atoms with E-state index in [0.717, 1.165) is 24.1 Å². The molecule has 3 rings (SSSR count). The van der Waals surface area contributed by atoms with Crippen molar-refractivity contribution < 1.29 is 13.6 Å². The van der Waals surface area contributed by atoms with Crippen molar-refractivity contribution in [3.8, 4) is 0 Å². The average Bonchev–Trinajstić information content (AvgIpc) is 2.69. The number of amides is 1. The first-order chi connectivity index (χ1) is 13.0. The Hall–Kier alpha value is -3.42. The van der Waals surface area contributed by atoms with E-state index < -0.39 is 17.5 Å². The summed E-state index contributed by atoms with van der Waals surface area (Å²) in [5.41, 5.74) is 1.10. The lowest BCUT2D eigenvalue weighted by atomic mass is 10.2. The van der Waals surface area contributed by atoms with Gasteiger partial charge in [-0.25, -0.2) is 18.7 Å². The van der Waals surface area contributed by atoms with E-state index in [0.29, 0.717) is 18.4 Å². The third-order valence-electron chi connectivity index (χ3n) is 3.94. The summed E-state index contributed by atoms with van der Waals surface area (Å²) in [4.78, 5) is 26.3. The maximum absolute atomic E-state index is 13.7. The summed E-state index contributed by atoms with van der Waals surface area (Å²) < 4.78 is 26.7. The molecule has 0 radical (unpaired) electrons. The minimum Gasteiger partial charge on any atom is -0.359 e. The molecule has 1 aromatic carbocycles. The van der Waals surface area contributed by atoms with Crippen LogP contribution in [0.3, 0.4) is 0 Å². The van der Waals surface area contributed by atoms with Crippen LogP contribution in [-0.2, 0) is 6.42 Å². The van der Waals surface area contributed by atoms with Gasteiger partial charge in [-0.2, -0.15) is 0 Å². The number of anilines is 2. The molecule has 27 heavy (non-hydrogen) atoms. The van der Waals surface area contributed by atoms with Crippen LogP contribution < -0.4 is 10.2 Å². The number of hydrogen-bond donors (Lipinski definition) is 1. The Balaban J connectivity index is 1.67. The van der Waals surface area contributed by atoms with Gasteiger partial charge in [0.15, 0.2) is 0 Å². The monoisotopic (exact) mass is 369 g/mol. The van der Waals surface area contributed by atoms with Gasteiger partial charge in [0.1, 0.15) is 29.5 Å². The zero-order valence-electron chi connectivity index (χ0n) is 14.6. The maximum Gasteiger partial charge on any atom is 0.274 e. The van der Waals surface area contributed by atoms with Crippen molar-refractivity contribution in [2.45, 2.75) is 6.42 Å². The van der Waals surface area contributed by atoms with Crippen LogP contribution in [0.4, 0.5) is 20.3 Å². The van der Waals surface area contributed by atoms with Gasteiger partial charge in [0.2, 0.25) is 0 Å². The SMILES string of the molecule is CN(CCc1ccncc1)c1cc(C(=O)Nc2ccc(F)cc2F)ncn1. The summed E-state index contributed by atoms with van der Waals surface area (Å²) in [5.74, 6) is -1.62. The van der Waals surface area contributed by atoms with Crippen molar-refractivity contribution in [1.82, 2.24) is 15.0 Å². The van der Waals surface area contributed by atoms with E-state index in [1.54, 1.807) is 12.4 Å². The second kappa shape index (κ2) is 8.31. The lowest BCUT2D eigenvalue weighted by Crippen LogP contribution is -2.23. The number of carbonyl (C=O) groups is 1. The molecule has 6 nitrogen and oxygen atoms in total. The molecule has 8 heteroatoms. The number of likely N-dealkylation sites (N-methyl/N-ethyl adjacent to an activating group) is 1. The lowest BCUT2D eigenvalue weighted by Gasteiger charge is -2.18. The zero-order valence-corrected chi connectivity index (χ0v) is 14.6. The van der Waals surface area contributed by atoms with Crippen molar-refractivity contribution >= 4 is 17.4 Å². The standard InChI is InChI=1S/C19H17F2N5O/c1-26(9-6-13-4-7-22-8-5-13)18-11-17(23-12-24-18)19(27)25-16-3-2-14(20)10-15(16)21/h2-5,7-8,10-12H,6,9H2,1H3,(H,25,27). The number of rotatable bonds is 6. The highest BCUT2D eigenvalue weighted by Gasteiger charge is 2.13. The number of nitrogens with zero attached hydrogens (tertiary/aromatic N) is 4. The van der Waals surface area contributed by atoms with Gasteiger partial charge in [0.25, 0.3) is 5.91 Å². The fourth-order valence-corrected chi connectivity index (χ4v) is 2.42. The quantitative estimate of drug-likeness (QED) is 0.723. The summed E-state index contributed by atoms with van der Waals surface area (Å²) in [6, 6.07) is 8.31. The molecular formula is C19H17F2N5O. The molecule has 2 aromatic heterocycles. The molecule has 0 saturated heterocycles. The lowest BCUT2D eigenvalue weighted by molar-refractivity contribution is 0.102. The molecule has 0 unspecified atom stereocenters. The molecular weight excluding hydrogens is 352 g/mol. The second-order valence-electron chi connectivity index (χ2n) is 5.87. The molecule has 138 valence electrons. The number of nitrogens with one attached hydrogen (secondary N) is 1. The Morgan fingerprint density at radius 3 is 2.63 bits per heavy atom. The number of benzene rings is 1. The minimum absolute atomic E-state index is 0.0829. The molecule has 0 spiro atoms. The predicted octanol–water partition coefficient (Wildman–Crippen LogP) is 3.08. The molecule has 2 heterocycles. The molecule has 0 fully saturated rings. The topological polar surface area (TPSA) is 71.0 Å². The Kier molecular flexibility index (Phi) is 5.65. The highest BCUT2D eigenvalue weighted by molar-refractivity contribution is 6.03. The number of halogens is 2. The van der Waals surface area contributed by atoms with E-state index in [1.807, 2.05) is 24.1 Å². The van der Waals surface area contributed by atoms with Crippen molar-refractivity contribution in [2.75, 3.05) is 23.8 Å². The first-order valence-electron chi connectivity index (χ1n) is 8.21. The molecule has 0 aliphatic carbocycles. The van der Waals surface area contributed by atoms with Crippen LogP contribution in [0.25, 0.3) is 0 Å². The van der Waals surface area contributed by atoms with Gasteiger partial charge in [0, 0.05) is 38.1 Å². The van der Waals surface area contributed by atoms with E-state index in [-0.39, 0.29) is 11.4 Å². The molecule has 0 bridgehead atoms. The van der Waals surface area contributed by atoms with Crippen LogP contribution in [0.5, 0.6) is 0 Å². The number of pyridine rings is 1. The van der Waals surface area contributed by atoms with Gasteiger partial charge in [-0.1, -0.05) is 0 Å².